The Morgan fingerprint density at radius 3 is 2.64 bits per heavy atom. The molecule has 0 fully saturated rings. The van der Waals surface area contributed by atoms with E-state index in [-0.39, 0.29) is 11.6 Å². The molecule has 0 saturated carbocycles. The number of ether oxygens (including phenoxy) is 2. The third kappa shape index (κ3) is 3.72. The van der Waals surface area contributed by atoms with Gasteiger partial charge in [0, 0.05) is 6.54 Å². The van der Waals surface area contributed by atoms with Crippen LogP contribution < -0.4 is 10.5 Å². The van der Waals surface area contributed by atoms with Gasteiger partial charge in [0.2, 0.25) is 0 Å². The Morgan fingerprint density at radius 2 is 1.93 bits per heavy atom. The molecule has 2 N–H and O–H groups in total. The van der Waals surface area contributed by atoms with Crippen LogP contribution in [0.3, 0.4) is 0 Å². The molecule has 1 aromatic carbocycles. The second kappa shape index (κ2) is 6.34. The van der Waals surface area contributed by atoms with Crippen molar-refractivity contribution >= 4 is 0 Å². The highest BCUT2D eigenvalue weighted by Gasteiger charge is 1.99. The first-order valence-corrected chi connectivity index (χ1v) is 4.49. The summed E-state index contributed by atoms with van der Waals surface area (Å²) in [5, 5.41) is 0. The molecule has 0 bridgehead atoms. The standard InChI is InChI=1S/C10H14FNO2/c11-9-3-1-2-4-10(9)14-8-7-13-6-5-12/h1-4H,5-8,12H2. The van der Waals surface area contributed by atoms with Gasteiger partial charge >= 0.3 is 0 Å². The topological polar surface area (TPSA) is 44.5 Å². The van der Waals surface area contributed by atoms with Crippen LogP contribution in [0.15, 0.2) is 24.3 Å². The minimum atomic E-state index is -0.355. The second-order valence-electron chi connectivity index (χ2n) is 2.68. The summed E-state index contributed by atoms with van der Waals surface area (Å²) in [5.41, 5.74) is 5.22. The average molecular weight is 199 g/mol. The van der Waals surface area contributed by atoms with Crippen LogP contribution in [0.4, 0.5) is 4.39 Å². The van der Waals surface area contributed by atoms with E-state index in [9.17, 15) is 4.39 Å². The lowest BCUT2D eigenvalue weighted by Gasteiger charge is -2.06. The zero-order valence-corrected chi connectivity index (χ0v) is 7.91. The molecule has 1 aromatic rings. The zero-order valence-electron chi connectivity index (χ0n) is 7.91. The van der Waals surface area contributed by atoms with Crippen LogP contribution in [0.1, 0.15) is 0 Å². The molecular formula is C10H14FNO2. The molecule has 3 nitrogen and oxygen atoms in total. The van der Waals surface area contributed by atoms with Crippen molar-refractivity contribution in [1.29, 1.82) is 0 Å². The van der Waals surface area contributed by atoms with Crippen LogP contribution in [0, 0.1) is 5.82 Å². The van der Waals surface area contributed by atoms with E-state index in [4.69, 9.17) is 15.2 Å². The van der Waals surface area contributed by atoms with E-state index in [2.05, 4.69) is 0 Å². The molecule has 0 spiro atoms. The first-order chi connectivity index (χ1) is 6.84. The van der Waals surface area contributed by atoms with Gasteiger partial charge in [-0.15, -0.1) is 0 Å². The highest BCUT2D eigenvalue weighted by Crippen LogP contribution is 2.14. The Labute approximate surface area is 82.6 Å². The lowest BCUT2D eigenvalue weighted by atomic mass is 10.3. The van der Waals surface area contributed by atoms with Crippen LogP contribution in [-0.4, -0.2) is 26.4 Å². The van der Waals surface area contributed by atoms with Gasteiger partial charge in [-0.2, -0.15) is 0 Å². The third-order valence-corrected chi connectivity index (χ3v) is 1.58. The fourth-order valence-electron chi connectivity index (χ4n) is 0.958. The maximum Gasteiger partial charge on any atom is 0.165 e. The van der Waals surface area contributed by atoms with Gasteiger partial charge in [-0.3, -0.25) is 0 Å². The van der Waals surface area contributed by atoms with Crippen molar-refractivity contribution in [1.82, 2.24) is 0 Å². The summed E-state index contributed by atoms with van der Waals surface area (Å²) in [5.74, 6) is -0.102. The number of nitrogens with two attached hydrogens (primary N) is 1. The Morgan fingerprint density at radius 1 is 1.14 bits per heavy atom. The predicted octanol–water partition coefficient (Wildman–Crippen LogP) is 1.18. The molecule has 0 amide bonds. The normalized spacial score (nSPS) is 10.1. The van der Waals surface area contributed by atoms with Crippen molar-refractivity contribution in [3.63, 3.8) is 0 Å². The largest absolute Gasteiger partial charge is 0.488 e. The van der Waals surface area contributed by atoms with Gasteiger partial charge in [0.15, 0.2) is 11.6 Å². The van der Waals surface area contributed by atoms with E-state index in [0.29, 0.717) is 26.4 Å². The summed E-state index contributed by atoms with van der Waals surface area (Å²) >= 11 is 0. The number of benzene rings is 1. The van der Waals surface area contributed by atoms with Crippen molar-refractivity contribution in [3.8, 4) is 5.75 Å². The van der Waals surface area contributed by atoms with Gasteiger partial charge < -0.3 is 15.2 Å². The van der Waals surface area contributed by atoms with Crippen LogP contribution in [0.25, 0.3) is 0 Å². The summed E-state index contributed by atoms with van der Waals surface area (Å²) in [7, 11) is 0. The van der Waals surface area contributed by atoms with Crippen LogP contribution in [-0.2, 0) is 4.74 Å². The summed E-state index contributed by atoms with van der Waals surface area (Å²) in [6.45, 7) is 1.74. The fraction of sp³-hybridized carbons (Fsp3) is 0.400. The molecule has 14 heavy (non-hydrogen) atoms. The van der Waals surface area contributed by atoms with E-state index >= 15 is 0 Å². The number of halogens is 1. The van der Waals surface area contributed by atoms with Crippen molar-refractivity contribution in [3.05, 3.63) is 30.1 Å². The lowest BCUT2D eigenvalue weighted by molar-refractivity contribution is 0.104. The zero-order chi connectivity index (χ0) is 10.2. The molecule has 0 aromatic heterocycles. The summed E-state index contributed by atoms with van der Waals surface area (Å²) < 4.78 is 23.2. The van der Waals surface area contributed by atoms with E-state index in [1.54, 1.807) is 18.2 Å². The van der Waals surface area contributed by atoms with Crippen molar-refractivity contribution in [2.24, 2.45) is 5.73 Å². The molecule has 0 unspecified atom stereocenters. The first-order valence-electron chi connectivity index (χ1n) is 4.49. The molecular weight excluding hydrogens is 185 g/mol. The number of hydrogen-bond donors (Lipinski definition) is 1. The van der Waals surface area contributed by atoms with Crippen LogP contribution in [0.2, 0.25) is 0 Å². The Hall–Kier alpha value is -1.13. The molecule has 0 aliphatic rings. The van der Waals surface area contributed by atoms with E-state index in [1.807, 2.05) is 0 Å². The highest BCUT2D eigenvalue weighted by atomic mass is 19.1. The molecule has 0 saturated heterocycles. The van der Waals surface area contributed by atoms with Crippen molar-refractivity contribution in [2.45, 2.75) is 0 Å². The number of hydrogen-bond acceptors (Lipinski definition) is 3. The average Bonchev–Trinajstić information content (AvgIpc) is 2.20. The molecule has 0 radical (unpaired) electrons. The van der Waals surface area contributed by atoms with Crippen molar-refractivity contribution < 1.29 is 13.9 Å². The summed E-state index contributed by atoms with van der Waals surface area (Å²) in [6, 6.07) is 6.28. The summed E-state index contributed by atoms with van der Waals surface area (Å²) in [6.07, 6.45) is 0. The van der Waals surface area contributed by atoms with Crippen LogP contribution in [0.5, 0.6) is 5.75 Å². The summed E-state index contributed by atoms with van der Waals surface area (Å²) in [4.78, 5) is 0. The third-order valence-electron chi connectivity index (χ3n) is 1.58. The van der Waals surface area contributed by atoms with Gasteiger partial charge in [-0.05, 0) is 12.1 Å². The maximum absolute atomic E-state index is 13.0. The SMILES string of the molecule is NCCOCCOc1ccccc1F. The highest BCUT2D eigenvalue weighted by molar-refractivity contribution is 5.23. The quantitative estimate of drug-likeness (QED) is 0.700. The monoisotopic (exact) mass is 199 g/mol. The second-order valence-corrected chi connectivity index (χ2v) is 2.68. The Bertz CT molecular complexity index is 268. The van der Waals surface area contributed by atoms with Gasteiger partial charge in [-0.1, -0.05) is 12.1 Å². The molecule has 78 valence electrons. The molecule has 1 rings (SSSR count). The van der Waals surface area contributed by atoms with Gasteiger partial charge in [-0.25, -0.2) is 4.39 Å². The van der Waals surface area contributed by atoms with Gasteiger partial charge in [0.25, 0.3) is 0 Å². The molecule has 0 aliphatic heterocycles. The molecule has 0 aliphatic carbocycles. The van der Waals surface area contributed by atoms with E-state index in [0.717, 1.165) is 0 Å². The predicted molar refractivity (Wildman–Crippen MR) is 51.8 cm³/mol. The molecule has 0 atom stereocenters. The van der Waals surface area contributed by atoms with Crippen LogP contribution >= 0.6 is 0 Å². The minimum Gasteiger partial charge on any atom is -0.488 e. The van der Waals surface area contributed by atoms with Gasteiger partial charge in [0.1, 0.15) is 6.61 Å². The van der Waals surface area contributed by atoms with E-state index < -0.39 is 0 Å². The number of rotatable bonds is 6. The fourth-order valence-corrected chi connectivity index (χ4v) is 0.958. The maximum atomic E-state index is 13.0. The minimum absolute atomic E-state index is 0.254. The number of para-hydroxylation sites is 1. The smallest absolute Gasteiger partial charge is 0.165 e. The molecule has 4 heteroatoms. The molecule has 0 heterocycles. The lowest BCUT2D eigenvalue weighted by Crippen LogP contribution is -2.13. The Balaban J connectivity index is 2.21. The van der Waals surface area contributed by atoms with E-state index in [1.165, 1.54) is 6.07 Å². The van der Waals surface area contributed by atoms with Crippen molar-refractivity contribution in [2.75, 3.05) is 26.4 Å². The van der Waals surface area contributed by atoms with Gasteiger partial charge in [0.05, 0.1) is 13.2 Å². The Kier molecular flexibility index (Phi) is 4.96. The first kappa shape index (κ1) is 10.9.